The van der Waals surface area contributed by atoms with Crippen molar-refractivity contribution in [3.05, 3.63) is 122 Å². The van der Waals surface area contributed by atoms with E-state index in [1.807, 2.05) is 12.1 Å². The Kier molecular flexibility index (Phi) is 6.84. The molecule has 42 heavy (non-hydrogen) atoms. The first-order valence-electron chi connectivity index (χ1n) is 12.9. The van der Waals surface area contributed by atoms with E-state index in [1.165, 1.54) is 9.69 Å². The Morgan fingerprint density at radius 2 is 1.60 bits per heavy atom. The predicted molar refractivity (Wildman–Crippen MR) is 164 cm³/mol. The van der Waals surface area contributed by atoms with Crippen LogP contribution in [0.2, 0.25) is 10.0 Å². The first-order valence-corrected chi connectivity index (χ1v) is 13.7. The first-order chi connectivity index (χ1) is 20.1. The van der Waals surface area contributed by atoms with Gasteiger partial charge in [0.25, 0.3) is 11.5 Å². The van der Waals surface area contributed by atoms with Crippen LogP contribution in [-0.4, -0.2) is 37.0 Å². The molecule has 0 atom stereocenters. The molecule has 11 heteroatoms. The van der Waals surface area contributed by atoms with Crippen LogP contribution in [0.25, 0.3) is 22.2 Å². The van der Waals surface area contributed by atoms with Gasteiger partial charge in [-0.1, -0.05) is 53.5 Å². The van der Waals surface area contributed by atoms with Crippen LogP contribution in [0.3, 0.4) is 0 Å². The molecule has 9 nitrogen and oxygen atoms in total. The Labute approximate surface area is 249 Å². The molecule has 0 spiro atoms. The normalized spacial score (nSPS) is 14.5. The van der Waals surface area contributed by atoms with Crippen molar-refractivity contribution in [1.82, 2.24) is 14.3 Å². The molecule has 6 rings (SSSR count). The molecule has 2 N–H and O–H groups in total. The van der Waals surface area contributed by atoms with Crippen LogP contribution >= 0.6 is 23.2 Å². The molecule has 3 aromatic carbocycles. The number of halogens is 2. The Hall–Kier alpha value is -4.86. The summed E-state index contributed by atoms with van der Waals surface area (Å²) in [6.07, 6.45) is 1.67. The van der Waals surface area contributed by atoms with E-state index in [2.05, 4.69) is 10.2 Å². The lowest BCUT2D eigenvalue weighted by molar-refractivity contribution is -0.137. The number of nitrogens with one attached hydrogen (secondary N) is 1. The van der Waals surface area contributed by atoms with E-state index in [0.29, 0.717) is 54.9 Å². The summed E-state index contributed by atoms with van der Waals surface area (Å²) in [7, 11) is 0. The molecule has 0 bridgehead atoms. The molecule has 1 aliphatic rings. The van der Waals surface area contributed by atoms with E-state index in [9.17, 15) is 19.5 Å². The van der Waals surface area contributed by atoms with E-state index in [4.69, 9.17) is 23.2 Å². The highest BCUT2D eigenvalue weighted by molar-refractivity contribution is 6.35. The van der Waals surface area contributed by atoms with Gasteiger partial charge in [0.05, 0.1) is 28.2 Å². The summed E-state index contributed by atoms with van der Waals surface area (Å²) in [5, 5.41) is 20.1. The van der Waals surface area contributed by atoms with Gasteiger partial charge in [0, 0.05) is 44.0 Å². The van der Waals surface area contributed by atoms with Crippen molar-refractivity contribution in [3.63, 3.8) is 0 Å². The number of amides is 1. The number of nitrogens with zero attached hydrogens (tertiary/aromatic N) is 4. The molecule has 0 aliphatic carbocycles. The maximum Gasteiger partial charge on any atom is 0.323 e. The van der Waals surface area contributed by atoms with E-state index in [0.717, 1.165) is 0 Å². The van der Waals surface area contributed by atoms with Gasteiger partial charge in [0.2, 0.25) is 0 Å². The van der Waals surface area contributed by atoms with Crippen LogP contribution in [0.4, 0.5) is 5.69 Å². The molecular formula is C31H23Cl2N5O4. The molecule has 0 radical (unpaired) electrons. The zero-order chi connectivity index (χ0) is 29.7. The van der Waals surface area contributed by atoms with Crippen molar-refractivity contribution in [2.75, 3.05) is 5.01 Å². The highest BCUT2D eigenvalue weighted by atomic mass is 35.5. The molecule has 1 aliphatic heterocycles. The second kappa shape index (κ2) is 10.5. The predicted octanol–water partition coefficient (Wildman–Crippen LogP) is 6.04. The zero-order valence-corrected chi connectivity index (χ0v) is 23.9. The number of hydrazone groups is 1. The fourth-order valence-electron chi connectivity index (χ4n) is 5.33. The summed E-state index contributed by atoms with van der Waals surface area (Å²) in [5.74, 6) is -1.48. The molecular weight excluding hydrogens is 577 g/mol. The topological polar surface area (TPSA) is 113 Å². The number of aromatic nitrogens is 3. The summed E-state index contributed by atoms with van der Waals surface area (Å²) in [6, 6.07) is 20.9. The van der Waals surface area contributed by atoms with E-state index < -0.39 is 17.4 Å². The molecule has 0 fully saturated rings. The SMILES string of the molecule is CC1=NN(c2cccc(Cl)c2)C(=O)/C1=C(/c1c(C)[nH]n(-c2cccc(Cl)c2)c1=O)c1cn(CC(=O)O)c2ccccc12. The quantitative estimate of drug-likeness (QED) is 0.231. The third-order valence-corrected chi connectivity index (χ3v) is 7.54. The largest absolute Gasteiger partial charge is 0.480 e. The number of carbonyl (C=O) groups excluding carboxylic acids is 1. The fourth-order valence-corrected chi connectivity index (χ4v) is 5.70. The number of aryl methyl sites for hydroxylation is 1. The number of aliphatic carboxylic acids is 1. The Bertz CT molecular complexity index is 2050. The number of rotatable bonds is 6. The number of anilines is 1. The van der Waals surface area contributed by atoms with Gasteiger partial charge in [-0.2, -0.15) is 10.1 Å². The van der Waals surface area contributed by atoms with E-state index in [-0.39, 0.29) is 17.7 Å². The molecule has 210 valence electrons. The van der Waals surface area contributed by atoms with Crippen LogP contribution < -0.4 is 10.6 Å². The van der Waals surface area contributed by atoms with E-state index in [1.54, 1.807) is 85.3 Å². The number of para-hydroxylation sites is 1. The highest BCUT2D eigenvalue weighted by Crippen LogP contribution is 2.38. The third-order valence-electron chi connectivity index (χ3n) is 7.07. The lowest BCUT2D eigenvalue weighted by Crippen LogP contribution is -2.24. The van der Waals surface area contributed by atoms with Gasteiger partial charge in [-0.3, -0.25) is 19.5 Å². The minimum atomic E-state index is -1.03. The van der Waals surface area contributed by atoms with Gasteiger partial charge in [-0.05, 0) is 56.3 Å². The second-order valence-corrected chi connectivity index (χ2v) is 10.7. The molecule has 0 saturated heterocycles. The van der Waals surface area contributed by atoms with Gasteiger partial charge >= 0.3 is 5.97 Å². The van der Waals surface area contributed by atoms with Crippen molar-refractivity contribution in [3.8, 4) is 5.69 Å². The standard InChI is InChI=1S/C31H23Cl2N5O4/c1-17-27(30(41)37(34-17)21-9-5-7-19(32)13-21)29(24-15-36(16-26(39)40)25-12-4-3-11-23(24)25)28-18(2)35-38(31(28)42)22-10-6-8-20(33)14-22/h3-15,34H,16H2,1-2H3,(H,39,40)/b29-28+. The number of carboxylic acids is 1. The van der Waals surface area contributed by atoms with Gasteiger partial charge in [-0.25, -0.2) is 4.68 Å². The minimum absolute atomic E-state index is 0.214. The number of aromatic amines is 1. The number of carbonyl (C=O) groups is 2. The second-order valence-electron chi connectivity index (χ2n) is 9.85. The fraction of sp³-hybridized carbons (Fsp3) is 0.0968. The van der Waals surface area contributed by atoms with Crippen LogP contribution in [0.15, 0.2) is 94.5 Å². The monoisotopic (exact) mass is 599 g/mol. The summed E-state index contributed by atoms with van der Waals surface area (Å²) in [5.41, 5.74) is 3.43. The number of fused-ring (bicyclic) bond motifs is 1. The van der Waals surface area contributed by atoms with Crippen molar-refractivity contribution in [1.29, 1.82) is 0 Å². The smallest absolute Gasteiger partial charge is 0.323 e. The molecule has 5 aromatic rings. The average molecular weight is 600 g/mol. The number of H-pyrrole nitrogens is 1. The number of carboxylic acid groups (broad SMARTS) is 1. The maximum atomic E-state index is 14.2. The Morgan fingerprint density at radius 3 is 2.29 bits per heavy atom. The number of hydrogen-bond acceptors (Lipinski definition) is 4. The molecule has 0 saturated carbocycles. The third kappa shape index (κ3) is 4.62. The molecule has 1 amide bonds. The van der Waals surface area contributed by atoms with Gasteiger partial charge in [0.15, 0.2) is 0 Å². The maximum absolute atomic E-state index is 14.2. The molecule has 3 heterocycles. The lowest BCUT2D eigenvalue weighted by Gasteiger charge is -2.14. The van der Waals surface area contributed by atoms with Gasteiger partial charge in [0.1, 0.15) is 6.54 Å². The Morgan fingerprint density at radius 1 is 0.929 bits per heavy atom. The molecule has 0 unspecified atom stereocenters. The van der Waals surface area contributed by atoms with E-state index >= 15 is 0 Å². The van der Waals surface area contributed by atoms with Crippen LogP contribution in [0.1, 0.15) is 23.7 Å². The minimum Gasteiger partial charge on any atom is -0.480 e. The lowest BCUT2D eigenvalue weighted by atomic mass is 9.90. The summed E-state index contributed by atoms with van der Waals surface area (Å²) < 4.78 is 2.96. The van der Waals surface area contributed by atoms with Crippen molar-refractivity contribution < 1.29 is 14.7 Å². The average Bonchev–Trinajstić information content (AvgIpc) is 3.56. The van der Waals surface area contributed by atoms with Crippen molar-refractivity contribution in [2.24, 2.45) is 5.10 Å². The van der Waals surface area contributed by atoms with Crippen molar-refractivity contribution in [2.45, 2.75) is 20.4 Å². The Balaban J connectivity index is 1.67. The van der Waals surface area contributed by atoms with Gasteiger partial charge < -0.3 is 9.67 Å². The summed E-state index contributed by atoms with van der Waals surface area (Å²) >= 11 is 12.4. The molecule has 2 aromatic heterocycles. The summed E-state index contributed by atoms with van der Waals surface area (Å²) in [4.78, 5) is 40.1. The van der Waals surface area contributed by atoms with Crippen LogP contribution in [0, 0.1) is 6.92 Å². The first kappa shape index (κ1) is 27.3. The highest BCUT2D eigenvalue weighted by Gasteiger charge is 2.35. The van der Waals surface area contributed by atoms with Crippen LogP contribution in [-0.2, 0) is 16.1 Å². The van der Waals surface area contributed by atoms with Crippen LogP contribution in [0.5, 0.6) is 0 Å². The van der Waals surface area contributed by atoms with Gasteiger partial charge in [-0.15, -0.1) is 0 Å². The summed E-state index contributed by atoms with van der Waals surface area (Å²) in [6.45, 7) is 3.14. The number of benzene rings is 3. The number of hydrogen-bond donors (Lipinski definition) is 2. The van der Waals surface area contributed by atoms with Crippen molar-refractivity contribution >= 4 is 63.0 Å². The zero-order valence-electron chi connectivity index (χ0n) is 22.4.